The zero-order valence-corrected chi connectivity index (χ0v) is 12.3. The summed E-state index contributed by atoms with van der Waals surface area (Å²) in [5.41, 5.74) is 0.774. The van der Waals surface area contributed by atoms with Crippen LogP contribution in [0.15, 0.2) is 23.1 Å². The Kier molecular flexibility index (Phi) is 4.87. The smallest absolute Gasteiger partial charge is 0.318 e. The number of aliphatic carboxylic acids is 1. The summed E-state index contributed by atoms with van der Waals surface area (Å²) in [5, 5.41) is 17.6. The normalized spacial score (nSPS) is 11.6. The molecular formula is C13H16N2O4S. The fourth-order valence-corrected chi connectivity index (χ4v) is 3.61. The van der Waals surface area contributed by atoms with Gasteiger partial charge < -0.3 is 5.11 Å². The van der Waals surface area contributed by atoms with Gasteiger partial charge in [-0.25, -0.2) is 8.42 Å². The summed E-state index contributed by atoms with van der Waals surface area (Å²) in [4.78, 5) is 10.8. The number of nitrogens with zero attached hydrogens (tertiary/aromatic N) is 2. The van der Waals surface area contributed by atoms with E-state index in [1.807, 2.05) is 6.07 Å². The van der Waals surface area contributed by atoms with Gasteiger partial charge in [0.2, 0.25) is 10.0 Å². The van der Waals surface area contributed by atoms with E-state index >= 15 is 0 Å². The van der Waals surface area contributed by atoms with Crippen molar-refractivity contribution in [3.05, 3.63) is 29.3 Å². The molecule has 0 heterocycles. The second kappa shape index (κ2) is 6.03. The Labute approximate surface area is 118 Å². The molecule has 0 fully saturated rings. The third-order valence-electron chi connectivity index (χ3n) is 2.76. The predicted octanol–water partition coefficient (Wildman–Crippen LogP) is 1.35. The zero-order valence-electron chi connectivity index (χ0n) is 11.5. The minimum Gasteiger partial charge on any atom is -0.480 e. The number of hydrogen-bond acceptors (Lipinski definition) is 4. The first-order valence-electron chi connectivity index (χ1n) is 5.94. The molecule has 0 aliphatic heterocycles. The van der Waals surface area contributed by atoms with E-state index in [1.165, 1.54) is 18.2 Å². The number of sulfonamides is 1. The first-order valence-corrected chi connectivity index (χ1v) is 7.38. The molecular weight excluding hydrogens is 280 g/mol. The van der Waals surface area contributed by atoms with Crippen LogP contribution in [0.2, 0.25) is 0 Å². The minimum absolute atomic E-state index is 0.0199. The van der Waals surface area contributed by atoms with Crippen molar-refractivity contribution >= 4 is 16.0 Å². The van der Waals surface area contributed by atoms with Gasteiger partial charge in [-0.1, -0.05) is 0 Å². The second-order valence-corrected chi connectivity index (χ2v) is 6.49. The monoisotopic (exact) mass is 296 g/mol. The lowest BCUT2D eigenvalue weighted by atomic mass is 10.2. The van der Waals surface area contributed by atoms with Crippen LogP contribution < -0.4 is 0 Å². The van der Waals surface area contributed by atoms with E-state index in [-0.39, 0.29) is 4.90 Å². The maximum Gasteiger partial charge on any atom is 0.318 e. The van der Waals surface area contributed by atoms with Crippen LogP contribution in [0.1, 0.15) is 25.0 Å². The Bertz CT molecular complexity index is 659. The third-order valence-corrected chi connectivity index (χ3v) is 4.94. The van der Waals surface area contributed by atoms with E-state index < -0.39 is 28.6 Å². The molecule has 0 aliphatic carbocycles. The van der Waals surface area contributed by atoms with Crippen LogP contribution >= 0.6 is 0 Å². The lowest BCUT2D eigenvalue weighted by Gasteiger charge is -2.24. The van der Waals surface area contributed by atoms with Gasteiger partial charge in [-0.05, 0) is 44.5 Å². The molecule has 1 aromatic rings. The number of carboxylic acids is 1. The van der Waals surface area contributed by atoms with E-state index in [1.54, 1.807) is 20.8 Å². The van der Waals surface area contributed by atoms with Crippen LogP contribution in [0.3, 0.4) is 0 Å². The fourth-order valence-electron chi connectivity index (χ4n) is 1.81. The molecule has 1 rings (SSSR count). The van der Waals surface area contributed by atoms with E-state index in [0.717, 1.165) is 4.31 Å². The first-order chi connectivity index (χ1) is 9.20. The molecule has 0 saturated carbocycles. The quantitative estimate of drug-likeness (QED) is 0.884. The van der Waals surface area contributed by atoms with E-state index in [2.05, 4.69) is 0 Å². The van der Waals surface area contributed by atoms with Gasteiger partial charge in [-0.2, -0.15) is 9.57 Å². The summed E-state index contributed by atoms with van der Waals surface area (Å²) in [5.74, 6) is -1.21. The number of aryl methyl sites for hydroxylation is 1. The summed E-state index contributed by atoms with van der Waals surface area (Å²) < 4.78 is 25.9. The minimum atomic E-state index is -3.91. The SMILES string of the molecule is Cc1cc(C#N)ccc1S(=O)(=O)N(CC(=O)O)C(C)C. The lowest BCUT2D eigenvalue weighted by molar-refractivity contribution is -0.137. The van der Waals surface area contributed by atoms with E-state index in [9.17, 15) is 13.2 Å². The Morgan fingerprint density at radius 1 is 1.45 bits per heavy atom. The lowest BCUT2D eigenvalue weighted by Crippen LogP contribution is -2.40. The molecule has 0 spiro atoms. The van der Waals surface area contributed by atoms with E-state index in [4.69, 9.17) is 10.4 Å². The number of carbonyl (C=O) groups is 1. The van der Waals surface area contributed by atoms with Crippen molar-refractivity contribution in [3.63, 3.8) is 0 Å². The van der Waals surface area contributed by atoms with Gasteiger partial charge in [0.25, 0.3) is 0 Å². The zero-order chi connectivity index (χ0) is 15.5. The Morgan fingerprint density at radius 3 is 2.45 bits per heavy atom. The number of nitriles is 1. The van der Waals surface area contributed by atoms with Crippen LogP contribution in [0.4, 0.5) is 0 Å². The van der Waals surface area contributed by atoms with Gasteiger partial charge in [0.1, 0.15) is 6.54 Å². The molecule has 0 aromatic heterocycles. The average Bonchev–Trinajstić information content (AvgIpc) is 2.34. The van der Waals surface area contributed by atoms with Gasteiger partial charge >= 0.3 is 5.97 Å². The van der Waals surface area contributed by atoms with Crippen molar-refractivity contribution in [1.82, 2.24) is 4.31 Å². The van der Waals surface area contributed by atoms with Crippen LogP contribution in [-0.2, 0) is 14.8 Å². The van der Waals surface area contributed by atoms with Crippen molar-refractivity contribution in [3.8, 4) is 6.07 Å². The van der Waals surface area contributed by atoms with Gasteiger partial charge in [0.05, 0.1) is 16.5 Å². The highest BCUT2D eigenvalue weighted by molar-refractivity contribution is 7.89. The Morgan fingerprint density at radius 2 is 2.05 bits per heavy atom. The Hall–Kier alpha value is -1.91. The molecule has 0 atom stereocenters. The standard InChI is InChI=1S/C13H16N2O4S/c1-9(2)15(8-13(16)17)20(18,19)12-5-4-11(7-14)6-10(12)3/h4-6,9H,8H2,1-3H3,(H,16,17). The maximum atomic E-state index is 12.5. The molecule has 0 radical (unpaired) electrons. The van der Waals surface area contributed by atoms with Crippen molar-refractivity contribution in [1.29, 1.82) is 5.26 Å². The van der Waals surface area contributed by atoms with Gasteiger partial charge in [-0.15, -0.1) is 0 Å². The third kappa shape index (κ3) is 3.35. The number of benzene rings is 1. The molecule has 108 valence electrons. The maximum absolute atomic E-state index is 12.5. The first kappa shape index (κ1) is 16.1. The van der Waals surface area contributed by atoms with Crippen LogP contribution in [0.5, 0.6) is 0 Å². The summed E-state index contributed by atoms with van der Waals surface area (Å²) in [6.45, 7) is 4.20. The van der Waals surface area contributed by atoms with Crippen LogP contribution in [-0.4, -0.2) is 36.4 Å². The van der Waals surface area contributed by atoms with Crippen LogP contribution in [0.25, 0.3) is 0 Å². The van der Waals surface area contributed by atoms with Crippen molar-refractivity contribution < 1.29 is 18.3 Å². The molecule has 0 amide bonds. The highest BCUT2D eigenvalue weighted by atomic mass is 32.2. The molecule has 7 heteroatoms. The molecule has 0 unspecified atom stereocenters. The van der Waals surface area contributed by atoms with Crippen molar-refractivity contribution in [2.45, 2.75) is 31.7 Å². The summed E-state index contributed by atoms with van der Waals surface area (Å²) in [6, 6.07) is 5.65. The molecule has 0 bridgehead atoms. The van der Waals surface area contributed by atoms with Crippen LogP contribution in [0, 0.1) is 18.3 Å². The highest BCUT2D eigenvalue weighted by Crippen LogP contribution is 2.22. The fraction of sp³-hybridized carbons (Fsp3) is 0.385. The average molecular weight is 296 g/mol. The molecule has 0 aliphatic rings. The van der Waals surface area contributed by atoms with Crippen molar-refractivity contribution in [2.75, 3.05) is 6.54 Å². The highest BCUT2D eigenvalue weighted by Gasteiger charge is 2.30. The molecule has 20 heavy (non-hydrogen) atoms. The summed E-state index contributed by atoms with van der Waals surface area (Å²) >= 11 is 0. The molecule has 0 saturated heterocycles. The number of hydrogen-bond donors (Lipinski definition) is 1. The van der Waals surface area contributed by atoms with E-state index in [0.29, 0.717) is 11.1 Å². The summed E-state index contributed by atoms with van der Waals surface area (Å²) in [6.07, 6.45) is 0. The topological polar surface area (TPSA) is 98.5 Å². The van der Waals surface area contributed by atoms with Gasteiger partial charge in [0, 0.05) is 6.04 Å². The molecule has 6 nitrogen and oxygen atoms in total. The van der Waals surface area contributed by atoms with Gasteiger partial charge in [0.15, 0.2) is 0 Å². The molecule has 1 aromatic carbocycles. The second-order valence-electron chi connectivity index (χ2n) is 4.63. The van der Waals surface area contributed by atoms with Gasteiger partial charge in [-0.3, -0.25) is 4.79 Å². The molecule has 1 N–H and O–H groups in total. The Balaban J connectivity index is 3.34. The van der Waals surface area contributed by atoms with Crippen molar-refractivity contribution in [2.24, 2.45) is 0 Å². The number of rotatable bonds is 5. The largest absolute Gasteiger partial charge is 0.480 e. The predicted molar refractivity (Wildman–Crippen MR) is 72.6 cm³/mol. The number of carboxylic acid groups (broad SMARTS) is 1. The summed E-state index contributed by atoms with van der Waals surface area (Å²) in [7, 11) is -3.91.